The average Bonchev–Trinajstić information content (AvgIpc) is 2.14. The molecule has 0 N–H and O–H groups in total. The van der Waals surface area contributed by atoms with Crippen LogP contribution in [0.1, 0.15) is 13.3 Å². The van der Waals surface area contributed by atoms with Crippen LogP contribution in [0.25, 0.3) is 0 Å². The first kappa shape index (κ1) is 14.0. The second-order valence-corrected chi connectivity index (χ2v) is 4.12. The van der Waals surface area contributed by atoms with E-state index in [-0.39, 0.29) is 0 Å². The van der Waals surface area contributed by atoms with Gasteiger partial charge < -0.3 is 4.90 Å². The Morgan fingerprint density at radius 1 is 1.07 bits per heavy atom. The zero-order valence-corrected chi connectivity index (χ0v) is 10.6. The number of rotatable bonds is 8. The number of thiol groups is 1. The van der Waals surface area contributed by atoms with Crippen LogP contribution in [0.5, 0.6) is 0 Å². The smallest absolute Gasteiger partial charge is 0.0164 e. The second-order valence-electron chi connectivity index (χ2n) is 3.76. The van der Waals surface area contributed by atoms with Crippen LogP contribution in [0.4, 0.5) is 0 Å². The van der Waals surface area contributed by atoms with Crippen LogP contribution in [-0.4, -0.2) is 55.8 Å². The summed E-state index contributed by atoms with van der Waals surface area (Å²) >= 11 is 4.15. The van der Waals surface area contributed by atoms with Gasteiger partial charge in [0.05, 0.1) is 0 Å². The molecule has 0 radical (unpaired) electrons. The number of nitrogens with zero attached hydrogens (tertiary/aromatic N) is 2. The fourth-order valence-electron chi connectivity index (χ4n) is 1.25. The Morgan fingerprint density at radius 2 is 1.79 bits per heavy atom. The van der Waals surface area contributed by atoms with Crippen LogP contribution in [0.3, 0.4) is 0 Å². The zero-order valence-electron chi connectivity index (χ0n) is 9.74. The van der Waals surface area contributed by atoms with Crippen LogP contribution in [0.15, 0.2) is 12.2 Å². The summed E-state index contributed by atoms with van der Waals surface area (Å²) in [5.74, 6) is 0.841. The Balaban J connectivity index is 3.70. The van der Waals surface area contributed by atoms with Crippen LogP contribution in [0, 0.1) is 0 Å². The quantitative estimate of drug-likeness (QED) is 0.488. The van der Waals surface area contributed by atoms with E-state index in [4.69, 9.17) is 0 Å². The fourth-order valence-corrected chi connectivity index (χ4v) is 1.40. The summed E-state index contributed by atoms with van der Waals surface area (Å²) in [6.07, 6.45) is 5.54. The lowest BCUT2D eigenvalue weighted by molar-refractivity contribution is 0.261. The minimum atomic E-state index is 0.841. The molecule has 2 nitrogen and oxygen atoms in total. The van der Waals surface area contributed by atoms with E-state index < -0.39 is 0 Å². The van der Waals surface area contributed by atoms with Gasteiger partial charge in [0.15, 0.2) is 0 Å². The van der Waals surface area contributed by atoms with Crippen LogP contribution in [0.2, 0.25) is 0 Å². The van der Waals surface area contributed by atoms with Gasteiger partial charge in [-0.1, -0.05) is 19.1 Å². The standard InChI is InChI=1S/C11H24N2S/c1-4-7-13(8-5-6-11-14)10-9-12(2)3/h5-6,14H,4,7-11H2,1-3H3. The van der Waals surface area contributed by atoms with Crippen molar-refractivity contribution in [2.24, 2.45) is 0 Å². The van der Waals surface area contributed by atoms with Crippen LogP contribution < -0.4 is 0 Å². The molecule has 0 aromatic rings. The molecule has 0 rings (SSSR count). The summed E-state index contributed by atoms with van der Waals surface area (Å²) < 4.78 is 0. The van der Waals surface area contributed by atoms with E-state index in [9.17, 15) is 0 Å². The SMILES string of the molecule is CCCN(CC=CCS)CCN(C)C. The lowest BCUT2D eigenvalue weighted by Gasteiger charge is -2.21. The van der Waals surface area contributed by atoms with Crippen molar-refractivity contribution < 1.29 is 0 Å². The molecule has 0 saturated heterocycles. The molecule has 0 aromatic heterocycles. The topological polar surface area (TPSA) is 6.48 Å². The zero-order chi connectivity index (χ0) is 10.8. The second kappa shape index (κ2) is 9.56. The molecule has 84 valence electrons. The summed E-state index contributed by atoms with van der Waals surface area (Å²) in [6.45, 7) is 6.75. The molecule has 0 saturated carbocycles. The summed E-state index contributed by atoms with van der Waals surface area (Å²) in [6, 6.07) is 0. The Hall–Kier alpha value is 0.01000. The van der Waals surface area contributed by atoms with Gasteiger partial charge >= 0.3 is 0 Å². The lowest BCUT2D eigenvalue weighted by Crippen LogP contribution is -2.32. The fraction of sp³-hybridized carbons (Fsp3) is 0.818. The summed E-state index contributed by atoms with van der Waals surface area (Å²) in [5.41, 5.74) is 0. The van der Waals surface area contributed by atoms with E-state index in [1.165, 1.54) is 13.0 Å². The molecule has 14 heavy (non-hydrogen) atoms. The largest absolute Gasteiger partial charge is 0.308 e. The van der Waals surface area contributed by atoms with Gasteiger partial charge in [-0.15, -0.1) is 0 Å². The van der Waals surface area contributed by atoms with Crippen molar-refractivity contribution >= 4 is 12.6 Å². The first-order chi connectivity index (χ1) is 6.70. The van der Waals surface area contributed by atoms with Crippen LogP contribution >= 0.6 is 12.6 Å². The number of likely N-dealkylation sites (N-methyl/N-ethyl adjacent to an activating group) is 1. The molecular formula is C11H24N2S. The van der Waals surface area contributed by atoms with Crippen molar-refractivity contribution in [3.8, 4) is 0 Å². The third-order valence-corrected chi connectivity index (χ3v) is 2.25. The van der Waals surface area contributed by atoms with Crippen LogP contribution in [-0.2, 0) is 0 Å². The van der Waals surface area contributed by atoms with Crippen molar-refractivity contribution in [2.75, 3.05) is 46.0 Å². The van der Waals surface area contributed by atoms with Gasteiger partial charge in [0.25, 0.3) is 0 Å². The van der Waals surface area contributed by atoms with E-state index in [1.807, 2.05) is 0 Å². The minimum Gasteiger partial charge on any atom is -0.308 e. The molecular weight excluding hydrogens is 192 g/mol. The molecule has 0 fully saturated rings. The van der Waals surface area contributed by atoms with Gasteiger partial charge in [0, 0.05) is 25.4 Å². The third-order valence-electron chi connectivity index (χ3n) is 2.04. The third kappa shape index (κ3) is 8.60. The molecule has 0 aliphatic carbocycles. The first-order valence-corrected chi connectivity index (χ1v) is 5.96. The lowest BCUT2D eigenvalue weighted by atomic mass is 10.3. The predicted octanol–water partition coefficient (Wildman–Crippen LogP) is 1.75. The molecule has 0 bridgehead atoms. The van der Waals surface area contributed by atoms with Gasteiger partial charge in [-0.05, 0) is 27.1 Å². The molecule has 0 aliphatic rings. The summed E-state index contributed by atoms with van der Waals surface area (Å²) in [5, 5.41) is 0. The van der Waals surface area contributed by atoms with Gasteiger partial charge in [-0.25, -0.2) is 0 Å². The highest BCUT2D eigenvalue weighted by Crippen LogP contribution is 1.93. The van der Waals surface area contributed by atoms with E-state index in [0.29, 0.717) is 0 Å². The average molecular weight is 216 g/mol. The van der Waals surface area contributed by atoms with Crippen molar-refractivity contribution in [1.29, 1.82) is 0 Å². The maximum atomic E-state index is 4.15. The van der Waals surface area contributed by atoms with Gasteiger partial charge in [-0.2, -0.15) is 12.6 Å². The van der Waals surface area contributed by atoms with Gasteiger partial charge in [0.2, 0.25) is 0 Å². The Bertz CT molecular complexity index is 146. The maximum Gasteiger partial charge on any atom is 0.0164 e. The van der Waals surface area contributed by atoms with Crippen molar-refractivity contribution in [2.45, 2.75) is 13.3 Å². The monoisotopic (exact) mass is 216 g/mol. The summed E-state index contributed by atoms with van der Waals surface area (Å²) in [4.78, 5) is 4.70. The van der Waals surface area contributed by atoms with E-state index in [0.717, 1.165) is 25.4 Å². The maximum absolute atomic E-state index is 4.15. The molecule has 0 spiro atoms. The molecule has 0 heterocycles. The highest BCUT2D eigenvalue weighted by molar-refractivity contribution is 7.80. The Labute approximate surface area is 94.4 Å². The Morgan fingerprint density at radius 3 is 2.29 bits per heavy atom. The van der Waals surface area contributed by atoms with Crippen molar-refractivity contribution in [3.05, 3.63) is 12.2 Å². The number of hydrogen-bond donors (Lipinski definition) is 1. The normalized spacial score (nSPS) is 12.1. The molecule has 0 unspecified atom stereocenters. The highest BCUT2D eigenvalue weighted by Gasteiger charge is 2.01. The van der Waals surface area contributed by atoms with E-state index >= 15 is 0 Å². The summed E-state index contributed by atoms with van der Waals surface area (Å²) in [7, 11) is 4.24. The highest BCUT2D eigenvalue weighted by atomic mass is 32.1. The molecule has 3 heteroatoms. The molecule has 0 aliphatic heterocycles. The van der Waals surface area contributed by atoms with Gasteiger partial charge in [0.1, 0.15) is 0 Å². The molecule has 0 aromatic carbocycles. The minimum absolute atomic E-state index is 0.841. The van der Waals surface area contributed by atoms with E-state index in [1.54, 1.807) is 0 Å². The number of hydrogen-bond acceptors (Lipinski definition) is 3. The Kier molecular flexibility index (Phi) is 9.57. The van der Waals surface area contributed by atoms with Crippen molar-refractivity contribution in [3.63, 3.8) is 0 Å². The van der Waals surface area contributed by atoms with Crippen molar-refractivity contribution in [1.82, 2.24) is 9.80 Å². The molecule has 0 amide bonds. The molecule has 0 atom stereocenters. The van der Waals surface area contributed by atoms with Gasteiger partial charge in [-0.3, -0.25) is 4.90 Å². The van der Waals surface area contributed by atoms with E-state index in [2.05, 4.69) is 55.6 Å². The predicted molar refractivity (Wildman–Crippen MR) is 68.3 cm³/mol. The first-order valence-electron chi connectivity index (χ1n) is 5.33.